The van der Waals surface area contributed by atoms with Gasteiger partial charge in [-0.25, -0.2) is 4.98 Å². The van der Waals surface area contributed by atoms with Gasteiger partial charge in [0.15, 0.2) is 0 Å². The second-order valence-electron chi connectivity index (χ2n) is 5.14. The van der Waals surface area contributed by atoms with Crippen molar-refractivity contribution in [3.05, 3.63) is 18.3 Å². The minimum Gasteiger partial charge on any atom is -0.397 e. The maximum absolute atomic E-state index is 5.65. The number of hydrogen-bond acceptors (Lipinski definition) is 3. The lowest BCUT2D eigenvalue weighted by molar-refractivity contribution is 0.549. The SMILES string of the molecule is CC(C)CN(CC(C)C)c1ccc(N)cn1. The largest absolute Gasteiger partial charge is 0.397 e. The van der Waals surface area contributed by atoms with E-state index in [0.29, 0.717) is 11.8 Å². The van der Waals surface area contributed by atoms with Crippen molar-refractivity contribution in [3.8, 4) is 0 Å². The van der Waals surface area contributed by atoms with Gasteiger partial charge in [-0.3, -0.25) is 0 Å². The molecule has 2 N–H and O–H groups in total. The molecule has 0 atom stereocenters. The average Bonchev–Trinajstić information content (AvgIpc) is 2.16. The number of nitrogen functional groups attached to an aromatic ring is 1. The van der Waals surface area contributed by atoms with Crippen LogP contribution in [0.3, 0.4) is 0 Å². The summed E-state index contributed by atoms with van der Waals surface area (Å²) in [5, 5.41) is 0. The zero-order chi connectivity index (χ0) is 12.1. The van der Waals surface area contributed by atoms with Crippen LogP contribution in [-0.2, 0) is 0 Å². The molecule has 1 aromatic rings. The standard InChI is InChI=1S/C13H23N3/c1-10(2)8-16(9-11(3)4)13-6-5-12(14)7-15-13/h5-7,10-11H,8-9,14H2,1-4H3. The third kappa shape index (κ3) is 4.09. The Labute approximate surface area is 98.7 Å². The van der Waals surface area contributed by atoms with Gasteiger partial charge >= 0.3 is 0 Å². The third-order valence-corrected chi connectivity index (χ3v) is 2.27. The molecule has 0 aromatic carbocycles. The highest BCUT2D eigenvalue weighted by molar-refractivity contribution is 5.45. The van der Waals surface area contributed by atoms with Crippen molar-refractivity contribution in [2.75, 3.05) is 23.7 Å². The van der Waals surface area contributed by atoms with Crippen LogP contribution in [0.5, 0.6) is 0 Å². The van der Waals surface area contributed by atoms with E-state index in [1.54, 1.807) is 6.20 Å². The van der Waals surface area contributed by atoms with Gasteiger partial charge in [0.2, 0.25) is 0 Å². The quantitative estimate of drug-likeness (QED) is 0.831. The monoisotopic (exact) mass is 221 g/mol. The van der Waals surface area contributed by atoms with Gasteiger partial charge in [-0.15, -0.1) is 0 Å². The number of aromatic nitrogens is 1. The van der Waals surface area contributed by atoms with Crippen molar-refractivity contribution in [3.63, 3.8) is 0 Å². The summed E-state index contributed by atoms with van der Waals surface area (Å²) >= 11 is 0. The summed E-state index contributed by atoms with van der Waals surface area (Å²) in [6.45, 7) is 11.0. The second-order valence-corrected chi connectivity index (χ2v) is 5.14. The fourth-order valence-electron chi connectivity index (χ4n) is 1.73. The van der Waals surface area contributed by atoms with Gasteiger partial charge in [-0.05, 0) is 24.0 Å². The first kappa shape index (κ1) is 12.8. The Hall–Kier alpha value is -1.25. The normalized spacial score (nSPS) is 11.1. The summed E-state index contributed by atoms with van der Waals surface area (Å²) in [4.78, 5) is 6.71. The van der Waals surface area contributed by atoms with Crippen LogP contribution in [0.4, 0.5) is 11.5 Å². The van der Waals surface area contributed by atoms with E-state index < -0.39 is 0 Å². The van der Waals surface area contributed by atoms with Gasteiger partial charge in [0.25, 0.3) is 0 Å². The molecule has 0 radical (unpaired) electrons. The maximum Gasteiger partial charge on any atom is 0.128 e. The van der Waals surface area contributed by atoms with Gasteiger partial charge in [0.05, 0.1) is 11.9 Å². The molecule has 0 unspecified atom stereocenters. The average molecular weight is 221 g/mol. The fourth-order valence-corrected chi connectivity index (χ4v) is 1.73. The van der Waals surface area contributed by atoms with Crippen molar-refractivity contribution < 1.29 is 0 Å². The summed E-state index contributed by atoms with van der Waals surface area (Å²) in [6.07, 6.45) is 1.73. The molecular weight excluding hydrogens is 198 g/mol. The molecule has 1 heterocycles. The second kappa shape index (κ2) is 5.73. The summed E-state index contributed by atoms with van der Waals surface area (Å²) in [6, 6.07) is 3.91. The van der Waals surface area contributed by atoms with Gasteiger partial charge in [0, 0.05) is 13.1 Å². The smallest absolute Gasteiger partial charge is 0.128 e. The fraction of sp³-hybridized carbons (Fsp3) is 0.615. The lowest BCUT2D eigenvalue weighted by Crippen LogP contribution is -2.31. The third-order valence-electron chi connectivity index (χ3n) is 2.27. The molecule has 0 saturated heterocycles. The maximum atomic E-state index is 5.65. The molecule has 3 heteroatoms. The minimum atomic E-state index is 0.637. The van der Waals surface area contributed by atoms with Crippen molar-refractivity contribution >= 4 is 11.5 Å². The molecule has 16 heavy (non-hydrogen) atoms. The summed E-state index contributed by atoms with van der Waals surface area (Å²) < 4.78 is 0. The Kier molecular flexibility index (Phi) is 4.59. The van der Waals surface area contributed by atoms with Crippen LogP contribution in [0.1, 0.15) is 27.7 Å². The van der Waals surface area contributed by atoms with Crippen LogP contribution >= 0.6 is 0 Å². The van der Waals surface area contributed by atoms with E-state index in [1.807, 2.05) is 12.1 Å². The molecule has 0 amide bonds. The summed E-state index contributed by atoms with van der Waals surface area (Å²) in [5.41, 5.74) is 6.37. The Morgan fingerprint density at radius 3 is 2.06 bits per heavy atom. The van der Waals surface area contributed by atoms with E-state index in [9.17, 15) is 0 Å². The molecule has 3 nitrogen and oxygen atoms in total. The van der Waals surface area contributed by atoms with Crippen LogP contribution in [0.2, 0.25) is 0 Å². The van der Waals surface area contributed by atoms with E-state index >= 15 is 0 Å². The van der Waals surface area contributed by atoms with Gasteiger partial charge in [-0.2, -0.15) is 0 Å². The Morgan fingerprint density at radius 1 is 1.12 bits per heavy atom. The molecule has 0 aliphatic rings. The Balaban J connectivity index is 2.78. The Morgan fingerprint density at radius 2 is 1.69 bits per heavy atom. The lowest BCUT2D eigenvalue weighted by Gasteiger charge is -2.27. The van der Waals surface area contributed by atoms with E-state index in [1.165, 1.54) is 0 Å². The molecule has 0 saturated carbocycles. The zero-order valence-corrected chi connectivity index (χ0v) is 10.8. The first-order valence-electron chi connectivity index (χ1n) is 5.95. The summed E-state index contributed by atoms with van der Waals surface area (Å²) in [7, 11) is 0. The number of rotatable bonds is 5. The van der Waals surface area contributed by atoms with Crippen LogP contribution in [0.15, 0.2) is 18.3 Å². The number of nitrogens with two attached hydrogens (primary N) is 1. The van der Waals surface area contributed by atoms with Gasteiger partial charge < -0.3 is 10.6 Å². The molecule has 0 bridgehead atoms. The van der Waals surface area contributed by atoms with E-state index in [0.717, 1.165) is 24.6 Å². The first-order chi connectivity index (χ1) is 7.49. The van der Waals surface area contributed by atoms with Crippen molar-refractivity contribution in [2.24, 2.45) is 11.8 Å². The number of pyridine rings is 1. The molecule has 1 aromatic heterocycles. The highest BCUT2D eigenvalue weighted by atomic mass is 15.2. The summed E-state index contributed by atoms with van der Waals surface area (Å²) in [5.74, 6) is 2.30. The van der Waals surface area contributed by atoms with Crippen LogP contribution in [-0.4, -0.2) is 18.1 Å². The topological polar surface area (TPSA) is 42.1 Å². The molecule has 0 aliphatic carbocycles. The van der Waals surface area contributed by atoms with E-state index in [2.05, 4.69) is 37.6 Å². The molecular formula is C13H23N3. The molecule has 90 valence electrons. The highest BCUT2D eigenvalue weighted by Crippen LogP contribution is 2.15. The van der Waals surface area contributed by atoms with Gasteiger partial charge in [0.1, 0.15) is 5.82 Å². The molecule has 0 spiro atoms. The highest BCUT2D eigenvalue weighted by Gasteiger charge is 2.11. The number of nitrogens with zero attached hydrogens (tertiary/aromatic N) is 2. The van der Waals surface area contributed by atoms with Crippen molar-refractivity contribution in [1.29, 1.82) is 0 Å². The number of hydrogen-bond donors (Lipinski definition) is 1. The van der Waals surface area contributed by atoms with E-state index in [-0.39, 0.29) is 0 Å². The van der Waals surface area contributed by atoms with Crippen LogP contribution in [0, 0.1) is 11.8 Å². The molecule has 0 aliphatic heterocycles. The van der Waals surface area contributed by atoms with Crippen molar-refractivity contribution in [2.45, 2.75) is 27.7 Å². The first-order valence-corrected chi connectivity index (χ1v) is 5.95. The molecule has 1 rings (SSSR count). The zero-order valence-electron chi connectivity index (χ0n) is 10.8. The molecule has 0 fully saturated rings. The van der Waals surface area contributed by atoms with Crippen molar-refractivity contribution in [1.82, 2.24) is 4.98 Å². The van der Waals surface area contributed by atoms with Crippen LogP contribution < -0.4 is 10.6 Å². The van der Waals surface area contributed by atoms with E-state index in [4.69, 9.17) is 5.73 Å². The Bertz CT molecular complexity index is 293. The predicted octanol–water partition coefficient (Wildman–Crippen LogP) is 2.78. The lowest BCUT2D eigenvalue weighted by atomic mass is 10.1. The predicted molar refractivity (Wildman–Crippen MR) is 70.5 cm³/mol. The minimum absolute atomic E-state index is 0.637. The number of anilines is 2. The van der Waals surface area contributed by atoms with Gasteiger partial charge in [-0.1, -0.05) is 27.7 Å². The van der Waals surface area contributed by atoms with Crippen LogP contribution in [0.25, 0.3) is 0 Å².